The fraction of sp³-hybridized carbons (Fsp3) is 0. The van der Waals surface area contributed by atoms with E-state index in [1.807, 2.05) is 0 Å². The van der Waals surface area contributed by atoms with E-state index in [1.54, 1.807) is 24.3 Å². The molecule has 4 aromatic rings. The van der Waals surface area contributed by atoms with E-state index in [1.165, 1.54) is 0 Å². The minimum atomic E-state index is -0.495. The normalized spacial score (nSPS) is 10.8. The van der Waals surface area contributed by atoms with Gasteiger partial charge in [-0.2, -0.15) is 0 Å². The summed E-state index contributed by atoms with van der Waals surface area (Å²) in [7, 11) is 0. The minimum absolute atomic E-state index is 0.393. The quantitative estimate of drug-likeness (QED) is 0.355. The lowest BCUT2D eigenvalue weighted by molar-refractivity contribution is 0.555. The van der Waals surface area contributed by atoms with Crippen molar-refractivity contribution in [1.82, 2.24) is 9.97 Å². The van der Waals surface area contributed by atoms with Crippen molar-refractivity contribution in [1.29, 1.82) is 0 Å². The second kappa shape index (κ2) is 6.79. The lowest BCUT2D eigenvalue weighted by Gasteiger charge is -1.91. The highest BCUT2D eigenvalue weighted by Crippen LogP contribution is 2.26. The number of benzene rings is 2. The minimum Gasteiger partial charge on any atom is -0.406 e. The van der Waals surface area contributed by atoms with Gasteiger partial charge in [0.15, 0.2) is 11.2 Å². The largest absolute Gasteiger partial charge is 0.417 e. The monoisotopic (exact) mass is 494 g/mol. The van der Waals surface area contributed by atoms with Crippen molar-refractivity contribution in [3.8, 4) is 0 Å². The first kappa shape index (κ1) is 17.3. The molecule has 0 saturated heterocycles. The van der Waals surface area contributed by atoms with Gasteiger partial charge in [-0.25, -0.2) is 9.59 Å². The number of hydrogen-bond donors (Lipinski definition) is 2. The maximum Gasteiger partial charge on any atom is 0.417 e. The van der Waals surface area contributed by atoms with Crippen molar-refractivity contribution in [2.75, 3.05) is 0 Å². The van der Waals surface area contributed by atoms with Crippen LogP contribution < -0.4 is 11.5 Å². The Morgan fingerprint density at radius 3 is 1.50 bits per heavy atom. The van der Waals surface area contributed by atoms with E-state index in [0.29, 0.717) is 32.2 Å². The van der Waals surface area contributed by atoms with Crippen molar-refractivity contribution in [2.24, 2.45) is 0 Å². The molecule has 0 saturated carbocycles. The van der Waals surface area contributed by atoms with Crippen LogP contribution in [0.1, 0.15) is 0 Å². The summed E-state index contributed by atoms with van der Waals surface area (Å²) in [5.41, 5.74) is 1.98. The fourth-order valence-electron chi connectivity index (χ4n) is 1.97. The van der Waals surface area contributed by atoms with Gasteiger partial charge in [-0.3, -0.25) is 9.97 Å². The molecular formula is C14H6Br2Cl2N2O4. The van der Waals surface area contributed by atoms with E-state index in [9.17, 15) is 9.59 Å². The molecule has 0 aliphatic carbocycles. The van der Waals surface area contributed by atoms with Crippen LogP contribution in [0.5, 0.6) is 0 Å². The van der Waals surface area contributed by atoms with Crippen molar-refractivity contribution in [3.63, 3.8) is 0 Å². The lowest BCUT2D eigenvalue weighted by atomic mass is 10.3. The third-order valence-corrected chi connectivity index (χ3v) is 4.36. The number of fused-ring (bicyclic) bond motifs is 2. The summed E-state index contributed by atoms with van der Waals surface area (Å²) in [4.78, 5) is 26.5. The summed E-state index contributed by atoms with van der Waals surface area (Å²) in [6, 6.07) is 6.79. The van der Waals surface area contributed by atoms with Crippen LogP contribution in [0.3, 0.4) is 0 Å². The van der Waals surface area contributed by atoms with Gasteiger partial charge in [0.1, 0.15) is 0 Å². The summed E-state index contributed by atoms with van der Waals surface area (Å²) < 4.78 is 11.2. The molecule has 0 unspecified atom stereocenters. The maximum absolute atomic E-state index is 10.8. The highest BCUT2D eigenvalue weighted by molar-refractivity contribution is 9.10. The standard InChI is InChI=1S/2C7H3BrClNO2/c2*8-3-1-4(9)6-5(2-3)10-7(11)12-6/h2*1-2H,(H,10,11). The molecular weight excluding hydrogens is 491 g/mol. The summed E-state index contributed by atoms with van der Waals surface area (Å²) in [5, 5.41) is 0.829. The molecule has 0 aliphatic rings. The van der Waals surface area contributed by atoms with Gasteiger partial charge in [0.25, 0.3) is 0 Å². The number of nitrogens with one attached hydrogen (secondary N) is 2. The smallest absolute Gasteiger partial charge is 0.406 e. The number of hydrogen-bond acceptors (Lipinski definition) is 4. The zero-order valence-electron chi connectivity index (χ0n) is 11.5. The first-order valence-electron chi connectivity index (χ1n) is 6.29. The van der Waals surface area contributed by atoms with Gasteiger partial charge in [0.05, 0.1) is 21.1 Å². The van der Waals surface area contributed by atoms with Gasteiger partial charge in [0.2, 0.25) is 0 Å². The predicted octanol–water partition coefficient (Wildman–Crippen LogP) is 5.07. The molecule has 0 radical (unpaired) electrons. The van der Waals surface area contributed by atoms with Crippen LogP contribution in [0.15, 0.2) is 51.6 Å². The summed E-state index contributed by atoms with van der Waals surface area (Å²) in [5.74, 6) is -0.991. The van der Waals surface area contributed by atoms with Crippen LogP contribution in [0.4, 0.5) is 0 Å². The van der Waals surface area contributed by atoms with Crippen molar-refractivity contribution >= 4 is 77.3 Å². The first-order chi connectivity index (χ1) is 11.3. The Labute approximate surface area is 160 Å². The molecule has 2 aromatic carbocycles. The van der Waals surface area contributed by atoms with Gasteiger partial charge in [-0.05, 0) is 24.3 Å². The molecule has 4 rings (SSSR count). The zero-order chi connectivity index (χ0) is 17.4. The molecule has 10 heteroatoms. The molecule has 0 atom stereocenters. The van der Waals surface area contributed by atoms with Crippen molar-refractivity contribution in [2.45, 2.75) is 0 Å². The molecule has 6 nitrogen and oxygen atoms in total. The molecule has 0 aliphatic heterocycles. The number of aromatic nitrogens is 2. The summed E-state index contributed by atoms with van der Waals surface area (Å²) in [6.07, 6.45) is 0. The predicted molar refractivity (Wildman–Crippen MR) is 99.1 cm³/mol. The average Bonchev–Trinajstić information content (AvgIpc) is 3.01. The van der Waals surface area contributed by atoms with Crippen molar-refractivity contribution in [3.05, 3.63) is 64.4 Å². The molecule has 124 valence electrons. The molecule has 24 heavy (non-hydrogen) atoms. The zero-order valence-corrected chi connectivity index (χ0v) is 16.1. The van der Waals surface area contributed by atoms with Crippen LogP contribution in [0.25, 0.3) is 22.2 Å². The van der Waals surface area contributed by atoms with Gasteiger partial charge >= 0.3 is 11.5 Å². The maximum atomic E-state index is 10.8. The summed E-state index contributed by atoms with van der Waals surface area (Å²) >= 11 is 18.1. The van der Waals surface area contributed by atoms with E-state index in [2.05, 4.69) is 41.8 Å². The number of aromatic amines is 2. The first-order valence-corrected chi connectivity index (χ1v) is 8.63. The Morgan fingerprint density at radius 1 is 0.750 bits per heavy atom. The molecule has 0 bridgehead atoms. The highest BCUT2D eigenvalue weighted by Gasteiger charge is 2.06. The second-order valence-electron chi connectivity index (χ2n) is 4.56. The van der Waals surface area contributed by atoms with E-state index in [0.717, 1.165) is 8.95 Å². The van der Waals surface area contributed by atoms with E-state index >= 15 is 0 Å². The van der Waals surface area contributed by atoms with Crippen molar-refractivity contribution < 1.29 is 8.83 Å². The third-order valence-electron chi connectivity index (χ3n) is 2.88. The van der Waals surface area contributed by atoms with Crippen LogP contribution in [-0.4, -0.2) is 9.97 Å². The molecule has 0 amide bonds. The lowest BCUT2D eigenvalue weighted by Crippen LogP contribution is -1.92. The average molecular weight is 497 g/mol. The molecule has 2 aromatic heterocycles. The van der Waals surface area contributed by atoms with Crippen LogP contribution >= 0.6 is 55.1 Å². The van der Waals surface area contributed by atoms with E-state index in [-0.39, 0.29) is 0 Å². The number of H-pyrrole nitrogens is 2. The summed E-state index contributed by atoms with van der Waals surface area (Å²) in [6.45, 7) is 0. The van der Waals surface area contributed by atoms with E-state index < -0.39 is 11.5 Å². The Morgan fingerprint density at radius 2 is 1.12 bits per heavy atom. The Hall–Kier alpha value is -1.48. The Kier molecular flexibility index (Phi) is 4.91. The Bertz CT molecular complexity index is 1070. The fourth-order valence-corrected chi connectivity index (χ4v) is 3.67. The number of oxazole rings is 2. The van der Waals surface area contributed by atoms with Crippen LogP contribution in [-0.2, 0) is 0 Å². The van der Waals surface area contributed by atoms with Gasteiger partial charge in [0, 0.05) is 8.95 Å². The number of halogens is 4. The molecule has 0 fully saturated rings. The van der Waals surface area contributed by atoms with Crippen LogP contribution in [0.2, 0.25) is 10.0 Å². The SMILES string of the molecule is O=c1[nH]c2cc(Br)cc(Cl)c2o1.O=c1[nH]c2cc(Br)cc(Cl)c2o1. The van der Waals surface area contributed by atoms with Gasteiger partial charge in [-0.1, -0.05) is 55.1 Å². The highest BCUT2D eigenvalue weighted by atomic mass is 79.9. The molecule has 0 spiro atoms. The number of rotatable bonds is 0. The molecule has 2 heterocycles. The van der Waals surface area contributed by atoms with Crippen LogP contribution in [0, 0.1) is 0 Å². The third kappa shape index (κ3) is 3.61. The van der Waals surface area contributed by atoms with Gasteiger partial charge in [-0.15, -0.1) is 0 Å². The second-order valence-corrected chi connectivity index (χ2v) is 7.20. The van der Waals surface area contributed by atoms with E-state index in [4.69, 9.17) is 32.0 Å². The Balaban J connectivity index is 0.000000141. The molecule has 2 N–H and O–H groups in total. The van der Waals surface area contributed by atoms with Gasteiger partial charge < -0.3 is 8.83 Å². The topological polar surface area (TPSA) is 92.0 Å².